The molecule has 0 amide bonds. The number of hydrogen-bond donors (Lipinski definition) is 1. The van der Waals surface area contributed by atoms with Crippen LogP contribution in [0.15, 0.2) is 11.0 Å². The second kappa shape index (κ2) is 5.92. The van der Waals surface area contributed by atoms with Crippen LogP contribution in [0.5, 0.6) is 0 Å². The Labute approximate surface area is 118 Å². The molecule has 1 aromatic heterocycles. The van der Waals surface area contributed by atoms with Crippen LogP contribution < -0.4 is 16.2 Å². The number of nitrogens with zero attached hydrogens (tertiary/aromatic N) is 3. The van der Waals surface area contributed by atoms with Gasteiger partial charge in [0.15, 0.2) is 0 Å². The molecule has 1 aliphatic rings. The van der Waals surface area contributed by atoms with Gasteiger partial charge in [0.2, 0.25) is 0 Å². The number of rotatable bonds is 3. The Balaban J connectivity index is 2.26. The van der Waals surface area contributed by atoms with Crippen LogP contribution in [-0.4, -0.2) is 28.9 Å². The van der Waals surface area contributed by atoms with Crippen molar-refractivity contribution in [3.8, 4) is 0 Å². The van der Waals surface area contributed by atoms with Crippen LogP contribution in [0.25, 0.3) is 0 Å². The number of anilines is 1. The van der Waals surface area contributed by atoms with E-state index in [1.165, 1.54) is 4.68 Å². The van der Waals surface area contributed by atoms with Gasteiger partial charge in [-0.15, -0.1) is 0 Å². The van der Waals surface area contributed by atoms with Crippen LogP contribution in [0.1, 0.15) is 26.7 Å². The summed E-state index contributed by atoms with van der Waals surface area (Å²) in [6.07, 6.45) is 3.55. The van der Waals surface area contributed by atoms with Gasteiger partial charge in [0.05, 0.1) is 11.9 Å². The van der Waals surface area contributed by atoms with Crippen molar-refractivity contribution in [2.75, 3.05) is 18.0 Å². The molecule has 0 aliphatic carbocycles. The Morgan fingerprint density at radius 3 is 2.95 bits per heavy atom. The maximum atomic E-state index is 12.1. The lowest BCUT2D eigenvalue weighted by molar-refractivity contribution is 0.379. The van der Waals surface area contributed by atoms with E-state index in [9.17, 15) is 4.79 Å². The Kier molecular flexibility index (Phi) is 4.47. The van der Waals surface area contributed by atoms with Gasteiger partial charge in [-0.2, -0.15) is 5.10 Å². The molecule has 2 N–H and O–H groups in total. The summed E-state index contributed by atoms with van der Waals surface area (Å²) in [5.74, 6) is 0.503. The van der Waals surface area contributed by atoms with Gasteiger partial charge >= 0.3 is 0 Å². The maximum absolute atomic E-state index is 12.1. The lowest BCUT2D eigenvalue weighted by Gasteiger charge is -2.36. The molecular formula is C13H21ClN4O. The molecule has 2 atom stereocenters. The first-order valence-corrected chi connectivity index (χ1v) is 7.18. The molecule has 1 aliphatic heterocycles. The summed E-state index contributed by atoms with van der Waals surface area (Å²) in [5.41, 5.74) is 6.58. The molecule has 2 heterocycles. The smallest absolute Gasteiger partial charge is 0.287 e. The zero-order chi connectivity index (χ0) is 14.0. The van der Waals surface area contributed by atoms with Crippen LogP contribution in [0.4, 0.5) is 5.69 Å². The number of hydrogen-bond acceptors (Lipinski definition) is 4. The highest BCUT2D eigenvalue weighted by Gasteiger charge is 2.25. The van der Waals surface area contributed by atoms with Crippen molar-refractivity contribution in [2.45, 2.75) is 39.3 Å². The van der Waals surface area contributed by atoms with Gasteiger partial charge in [0, 0.05) is 25.7 Å². The molecule has 0 aromatic carbocycles. The number of aryl methyl sites for hydroxylation is 1. The summed E-state index contributed by atoms with van der Waals surface area (Å²) >= 11 is 6.20. The van der Waals surface area contributed by atoms with Crippen molar-refractivity contribution in [1.29, 1.82) is 0 Å². The molecule has 0 bridgehead atoms. The predicted molar refractivity (Wildman–Crippen MR) is 77.8 cm³/mol. The van der Waals surface area contributed by atoms with E-state index in [1.807, 2.05) is 6.92 Å². The third-order valence-corrected chi connectivity index (χ3v) is 4.11. The highest BCUT2D eigenvalue weighted by molar-refractivity contribution is 6.33. The average molecular weight is 285 g/mol. The monoisotopic (exact) mass is 284 g/mol. The standard InChI is InChI=1S/C13H21ClN4O/c1-3-5-18-13(19)12(14)11(7-16-18)17-6-4-9(2)10(15)8-17/h7,9-10H,3-6,8,15H2,1-2H3. The summed E-state index contributed by atoms with van der Waals surface area (Å²) < 4.78 is 1.42. The lowest BCUT2D eigenvalue weighted by Crippen LogP contribution is -2.48. The quantitative estimate of drug-likeness (QED) is 0.913. The second-order valence-corrected chi connectivity index (χ2v) is 5.63. The minimum atomic E-state index is -0.215. The molecule has 6 heteroatoms. The third kappa shape index (κ3) is 2.92. The minimum absolute atomic E-state index is 0.114. The van der Waals surface area contributed by atoms with E-state index in [1.54, 1.807) is 6.20 Å². The average Bonchev–Trinajstić information content (AvgIpc) is 2.39. The summed E-state index contributed by atoms with van der Waals surface area (Å²) in [7, 11) is 0. The molecule has 1 aromatic rings. The SMILES string of the molecule is CCCn1ncc(N2CCC(C)C(N)C2)c(Cl)c1=O. The normalized spacial score (nSPS) is 23.7. The van der Waals surface area contributed by atoms with Crippen molar-refractivity contribution < 1.29 is 0 Å². The number of nitrogens with two attached hydrogens (primary N) is 1. The van der Waals surface area contributed by atoms with E-state index < -0.39 is 0 Å². The molecule has 0 radical (unpaired) electrons. The van der Waals surface area contributed by atoms with Crippen molar-refractivity contribution >= 4 is 17.3 Å². The number of halogens is 1. The summed E-state index contributed by atoms with van der Waals surface area (Å²) in [4.78, 5) is 14.1. The fourth-order valence-corrected chi connectivity index (χ4v) is 2.63. The van der Waals surface area contributed by atoms with E-state index in [0.29, 0.717) is 18.2 Å². The van der Waals surface area contributed by atoms with Crippen LogP contribution in [0, 0.1) is 5.92 Å². The van der Waals surface area contributed by atoms with Crippen molar-refractivity contribution in [3.05, 3.63) is 21.6 Å². The first-order chi connectivity index (χ1) is 9.04. The molecule has 2 rings (SSSR count). The number of piperidine rings is 1. The van der Waals surface area contributed by atoms with Crippen molar-refractivity contribution in [1.82, 2.24) is 9.78 Å². The van der Waals surface area contributed by atoms with Crippen LogP contribution in [0.2, 0.25) is 5.02 Å². The van der Waals surface area contributed by atoms with Crippen LogP contribution >= 0.6 is 11.6 Å². The van der Waals surface area contributed by atoms with Gasteiger partial charge in [-0.05, 0) is 18.8 Å². The first kappa shape index (κ1) is 14.3. The topological polar surface area (TPSA) is 64.2 Å². The molecule has 0 spiro atoms. The van der Waals surface area contributed by atoms with E-state index in [0.717, 1.165) is 25.9 Å². The summed E-state index contributed by atoms with van der Waals surface area (Å²) in [5, 5.41) is 4.44. The Morgan fingerprint density at radius 2 is 2.32 bits per heavy atom. The molecule has 106 valence electrons. The minimum Gasteiger partial charge on any atom is -0.367 e. The summed E-state index contributed by atoms with van der Waals surface area (Å²) in [6.45, 7) is 6.34. The van der Waals surface area contributed by atoms with E-state index in [2.05, 4.69) is 16.9 Å². The highest BCUT2D eigenvalue weighted by atomic mass is 35.5. The van der Waals surface area contributed by atoms with Crippen LogP contribution in [0.3, 0.4) is 0 Å². The first-order valence-electron chi connectivity index (χ1n) is 6.80. The van der Waals surface area contributed by atoms with E-state index >= 15 is 0 Å². The number of aromatic nitrogens is 2. The van der Waals surface area contributed by atoms with Crippen molar-refractivity contribution in [3.63, 3.8) is 0 Å². The van der Waals surface area contributed by atoms with E-state index in [4.69, 9.17) is 17.3 Å². The molecular weight excluding hydrogens is 264 g/mol. The molecule has 1 saturated heterocycles. The molecule has 5 nitrogen and oxygen atoms in total. The zero-order valence-corrected chi connectivity index (χ0v) is 12.2. The van der Waals surface area contributed by atoms with Crippen LogP contribution in [-0.2, 0) is 6.54 Å². The largest absolute Gasteiger partial charge is 0.367 e. The molecule has 2 unspecified atom stereocenters. The fraction of sp³-hybridized carbons (Fsp3) is 0.692. The van der Waals surface area contributed by atoms with Gasteiger partial charge in [-0.3, -0.25) is 4.79 Å². The predicted octanol–water partition coefficient (Wildman–Crippen LogP) is 1.48. The highest BCUT2D eigenvalue weighted by Crippen LogP contribution is 2.26. The lowest BCUT2D eigenvalue weighted by atomic mass is 9.94. The second-order valence-electron chi connectivity index (χ2n) is 5.25. The third-order valence-electron chi connectivity index (χ3n) is 3.76. The Bertz CT molecular complexity index is 502. The fourth-order valence-electron chi connectivity index (χ4n) is 2.37. The molecule has 1 fully saturated rings. The van der Waals surface area contributed by atoms with Crippen molar-refractivity contribution in [2.24, 2.45) is 11.7 Å². The van der Waals surface area contributed by atoms with Gasteiger partial charge in [-0.1, -0.05) is 25.4 Å². The zero-order valence-electron chi connectivity index (χ0n) is 11.5. The Hall–Kier alpha value is -1.07. The molecule has 0 saturated carbocycles. The maximum Gasteiger partial charge on any atom is 0.287 e. The van der Waals surface area contributed by atoms with Gasteiger partial charge < -0.3 is 10.6 Å². The van der Waals surface area contributed by atoms with Gasteiger partial charge in [-0.25, -0.2) is 4.68 Å². The molecule has 19 heavy (non-hydrogen) atoms. The van der Waals surface area contributed by atoms with Gasteiger partial charge in [0.25, 0.3) is 5.56 Å². The summed E-state index contributed by atoms with van der Waals surface area (Å²) in [6, 6.07) is 0.114. The van der Waals surface area contributed by atoms with E-state index in [-0.39, 0.29) is 16.6 Å². The Morgan fingerprint density at radius 1 is 1.58 bits per heavy atom. The van der Waals surface area contributed by atoms with Gasteiger partial charge in [0.1, 0.15) is 5.02 Å².